The topological polar surface area (TPSA) is 34.1 Å². The van der Waals surface area contributed by atoms with Gasteiger partial charge in [-0.25, -0.2) is 8.42 Å². The summed E-state index contributed by atoms with van der Waals surface area (Å²) in [6, 6.07) is 12.0. The maximum Gasteiger partial charge on any atom is 0.147 e. The molecule has 1 aromatic carbocycles. The summed E-state index contributed by atoms with van der Waals surface area (Å²) in [5.41, 5.74) is 0. The van der Waals surface area contributed by atoms with Gasteiger partial charge in [0.1, 0.15) is 9.84 Å². The SMILES string of the molecule is CC.CC.CC.CCCS(C)(=O)=O.[3H]CC.c1ccccc1. The van der Waals surface area contributed by atoms with Crippen LogP contribution in [0.15, 0.2) is 36.4 Å². The number of sulfone groups is 1. The zero-order valence-corrected chi connectivity index (χ0v) is 16.6. The molecule has 130 valence electrons. The van der Waals surface area contributed by atoms with Gasteiger partial charge in [0.15, 0.2) is 0 Å². The van der Waals surface area contributed by atoms with Crippen LogP contribution in [0.5, 0.6) is 0 Å². The predicted octanol–water partition coefficient (Wildman–Crippen LogP) is 6.23. The normalized spacial score (nSPS) is 7.95. The van der Waals surface area contributed by atoms with E-state index in [0.717, 1.165) is 6.42 Å². The first-order valence-electron chi connectivity index (χ1n) is 8.65. The van der Waals surface area contributed by atoms with Crippen molar-refractivity contribution in [3.05, 3.63) is 36.4 Å². The van der Waals surface area contributed by atoms with E-state index in [4.69, 9.17) is 1.37 Å². The smallest absolute Gasteiger partial charge is 0.147 e. The second-order valence-corrected chi connectivity index (χ2v) is 5.04. The molecule has 0 N–H and O–H groups in total. The van der Waals surface area contributed by atoms with Crippen LogP contribution in [-0.2, 0) is 9.84 Å². The van der Waals surface area contributed by atoms with Crippen LogP contribution in [0, 0.1) is 0 Å². The summed E-state index contributed by atoms with van der Waals surface area (Å²) in [5, 5.41) is 0. The molecule has 0 heterocycles. The van der Waals surface area contributed by atoms with Gasteiger partial charge >= 0.3 is 0 Å². The Kier molecular flexibility index (Phi) is 49.3. The lowest BCUT2D eigenvalue weighted by Crippen LogP contribution is -2.00. The van der Waals surface area contributed by atoms with Crippen LogP contribution in [0.2, 0.25) is 0 Å². The van der Waals surface area contributed by atoms with Gasteiger partial charge in [-0.2, -0.15) is 0 Å². The minimum Gasteiger partial charge on any atom is -0.229 e. The Morgan fingerprint density at radius 1 is 0.762 bits per heavy atom. The molecule has 0 unspecified atom stereocenters. The van der Waals surface area contributed by atoms with Crippen LogP contribution in [0.3, 0.4) is 0 Å². The van der Waals surface area contributed by atoms with E-state index >= 15 is 0 Å². The lowest BCUT2D eigenvalue weighted by Gasteiger charge is -1.87. The average Bonchev–Trinajstić information content (AvgIpc) is 2.55. The maximum absolute atomic E-state index is 10.2. The molecule has 21 heavy (non-hydrogen) atoms. The van der Waals surface area contributed by atoms with Gasteiger partial charge in [0.2, 0.25) is 0 Å². The van der Waals surface area contributed by atoms with E-state index in [1.807, 2.05) is 84.9 Å². The Labute approximate surface area is 137 Å². The fourth-order valence-corrected chi connectivity index (χ4v) is 1.50. The second kappa shape index (κ2) is 36.5. The number of benzene rings is 1. The van der Waals surface area contributed by atoms with Crippen molar-refractivity contribution in [1.82, 2.24) is 0 Å². The van der Waals surface area contributed by atoms with Crippen molar-refractivity contribution in [2.75, 3.05) is 12.0 Å². The molecule has 1 rings (SSSR count). The molecule has 0 fully saturated rings. The van der Waals surface area contributed by atoms with Crippen molar-refractivity contribution in [3.63, 3.8) is 0 Å². The minimum absolute atomic E-state index is 0.312. The quantitative estimate of drug-likeness (QED) is 0.646. The molecule has 0 amide bonds. The first kappa shape index (κ1) is 28.3. The highest BCUT2D eigenvalue weighted by molar-refractivity contribution is 7.90. The second-order valence-electron chi connectivity index (χ2n) is 2.78. The molecule has 3 heteroatoms. The average molecular weight is 323 g/mol. The summed E-state index contributed by atoms with van der Waals surface area (Å²) >= 11 is 0. The van der Waals surface area contributed by atoms with Crippen molar-refractivity contribution in [3.8, 4) is 0 Å². The molecule has 1 aromatic rings. The largest absolute Gasteiger partial charge is 0.229 e. The molecule has 0 aliphatic carbocycles. The third-order valence-corrected chi connectivity index (χ3v) is 2.39. The Hall–Kier alpha value is -0.830. The molecule has 0 aliphatic heterocycles. The Morgan fingerprint density at radius 2 is 0.952 bits per heavy atom. The van der Waals surface area contributed by atoms with Crippen LogP contribution in [0.1, 0.15) is 70.1 Å². The first-order valence-corrected chi connectivity index (χ1v) is 10.0. The van der Waals surface area contributed by atoms with Gasteiger partial charge in [-0.3, -0.25) is 0 Å². The molecule has 2 nitrogen and oxygen atoms in total. The van der Waals surface area contributed by atoms with Crippen molar-refractivity contribution in [1.29, 1.82) is 0 Å². The van der Waals surface area contributed by atoms with E-state index in [2.05, 4.69) is 0 Å². The summed E-state index contributed by atoms with van der Waals surface area (Å²) in [4.78, 5) is 0. The summed E-state index contributed by atoms with van der Waals surface area (Å²) in [5.74, 6) is 0.312. The van der Waals surface area contributed by atoms with Crippen molar-refractivity contribution < 1.29 is 9.79 Å². The summed E-state index contributed by atoms with van der Waals surface area (Å²) in [7, 11) is -2.67. The van der Waals surface area contributed by atoms with Gasteiger partial charge in [0.05, 0.1) is 0 Å². The van der Waals surface area contributed by atoms with Crippen molar-refractivity contribution in [2.45, 2.75) is 68.7 Å². The van der Waals surface area contributed by atoms with E-state index in [1.54, 1.807) is 6.92 Å². The number of rotatable bonds is 2. The van der Waals surface area contributed by atoms with Gasteiger partial charge in [-0.15, -0.1) is 0 Å². The lowest BCUT2D eigenvalue weighted by molar-refractivity contribution is 0.600. The van der Waals surface area contributed by atoms with Crippen LogP contribution in [-0.4, -0.2) is 20.4 Å². The molecule has 0 spiro atoms. The fourth-order valence-electron chi connectivity index (χ4n) is 0.756. The lowest BCUT2D eigenvalue weighted by atomic mass is 10.4. The van der Waals surface area contributed by atoms with E-state index < -0.39 is 9.84 Å². The molecule has 0 saturated carbocycles. The van der Waals surface area contributed by atoms with Crippen LogP contribution in [0.25, 0.3) is 0 Å². The molecule has 0 aromatic heterocycles. The third kappa shape index (κ3) is 67.2. The first-order chi connectivity index (χ1) is 10.5. The highest BCUT2D eigenvalue weighted by atomic mass is 32.2. The van der Waals surface area contributed by atoms with Gasteiger partial charge < -0.3 is 0 Å². The van der Waals surface area contributed by atoms with Crippen LogP contribution in [0.4, 0.5) is 0 Å². The molecule has 0 radical (unpaired) electrons. The zero-order chi connectivity index (χ0) is 18.9. The molecule has 0 aliphatic rings. The monoisotopic (exact) mass is 322 g/mol. The molecule has 0 atom stereocenters. The van der Waals surface area contributed by atoms with Crippen molar-refractivity contribution >= 4 is 9.84 Å². The molecular weight excluding hydrogens is 280 g/mol. The van der Waals surface area contributed by atoms with Crippen LogP contribution < -0.4 is 0 Å². The highest BCUT2D eigenvalue weighted by Gasteiger charge is 1.95. The van der Waals surface area contributed by atoms with E-state index in [-0.39, 0.29) is 0 Å². The van der Waals surface area contributed by atoms with E-state index in [9.17, 15) is 8.42 Å². The van der Waals surface area contributed by atoms with E-state index in [0.29, 0.717) is 12.7 Å². The van der Waals surface area contributed by atoms with Crippen molar-refractivity contribution in [2.24, 2.45) is 0 Å². The molecular formula is C18H40O2S. The van der Waals surface area contributed by atoms with Crippen LogP contribution >= 0.6 is 0 Å². The summed E-state index contributed by atoms with van der Waals surface area (Å²) < 4.78 is 26.7. The molecule has 0 saturated heterocycles. The van der Waals surface area contributed by atoms with Gasteiger partial charge in [-0.05, 0) is 6.42 Å². The summed E-state index contributed by atoms with van der Waals surface area (Å²) in [6.07, 6.45) is 1.97. The van der Waals surface area contributed by atoms with Gasteiger partial charge in [0.25, 0.3) is 0 Å². The van der Waals surface area contributed by atoms with Gasteiger partial charge in [0, 0.05) is 13.4 Å². The standard InChI is InChI=1S/C6H6.C4H10O2S.4C2H6/c1-2-4-6-5-3-1;1-3-4-7(2,5)6;4*1-2/h1-6H;3-4H2,1-2H3;4*1-2H3/i;;1T;;;. The minimum atomic E-state index is -2.67. The Balaban J connectivity index is -0.0000000584. The third-order valence-electron chi connectivity index (χ3n) is 1.24. The summed E-state index contributed by atoms with van der Waals surface area (Å²) in [6.45, 7) is 16.1. The van der Waals surface area contributed by atoms with Gasteiger partial charge in [-0.1, -0.05) is 98.7 Å². The number of hydrogen-bond acceptors (Lipinski definition) is 2. The van der Waals surface area contributed by atoms with E-state index in [1.165, 1.54) is 6.26 Å². The maximum atomic E-state index is 10.2. The molecule has 0 bridgehead atoms. The Bertz CT molecular complexity index is 284. The predicted molar refractivity (Wildman–Crippen MR) is 102 cm³/mol. The number of hydrogen-bond donors (Lipinski definition) is 0. The Morgan fingerprint density at radius 3 is 1.00 bits per heavy atom. The zero-order valence-electron chi connectivity index (χ0n) is 16.8. The fraction of sp³-hybridized carbons (Fsp3) is 0.667. The highest BCUT2D eigenvalue weighted by Crippen LogP contribution is 1.84.